The van der Waals surface area contributed by atoms with E-state index in [9.17, 15) is 9.59 Å². The Labute approximate surface area is 162 Å². The highest BCUT2D eigenvalue weighted by Crippen LogP contribution is 2.29. The van der Waals surface area contributed by atoms with Gasteiger partial charge in [0.25, 0.3) is 5.91 Å². The van der Waals surface area contributed by atoms with Crippen LogP contribution in [0.1, 0.15) is 21.5 Å². The van der Waals surface area contributed by atoms with Crippen molar-refractivity contribution in [3.8, 4) is 5.75 Å². The highest BCUT2D eigenvalue weighted by Gasteiger charge is 2.25. The molecule has 0 aliphatic carbocycles. The Morgan fingerprint density at radius 1 is 0.963 bits per heavy atom. The van der Waals surface area contributed by atoms with Crippen LogP contribution < -0.4 is 4.74 Å². The molecule has 27 heavy (non-hydrogen) atoms. The summed E-state index contributed by atoms with van der Waals surface area (Å²) in [6.45, 7) is 2.70. The lowest BCUT2D eigenvalue weighted by atomic mass is 10.1. The van der Waals surface area contributed by atoms with Crippen molar-refractivity contribution in [1.82, 2.24) is 9.80 Å². The first-order valence-electron chi connectivity index (χ1n) is 8.88. The summed E-state index contributed by atoms with van der Waals surface area (Å²) in [6, 6.07) is 12.8. The Bertz CT molecular complexity index is 900. The van der Waals surface area contributed by atoms with E-state index >= 15 is 0 Å². The van der Waals surface area contributed by atoms with E-state index in [1.165, 1.54) is 0 Å². The van der Waals surface area contributed by atoms with E-state index in [-0.39, 0.29) is 11.8 Å². The number of halogens is 1. The van der Waals surface area contributed by atoms with Gasteiger partial charge in [0.05, 0.1) is 0 Å². The maximum atomic E-state index is 12.7. The summed E-state index contributed by atoms with van der Waals surface area (Å²) < 4.78 is 5.28. The molecule has 4 rings (SSSR count). The van der Waals surface area contributed by atoms with Crippen molar-refractivity contribution >= 4 is 29.5 Å². The number of rotatable bonds is 3. The zero-order valence-corrected chi connectivity index (χ0v) is 15.5. The molecule has 0 unspecified atom stereocenters. The van der Waals surface area contributed by atoms with Gasteiger partial charge in [-0.1, -0.05) is 23.7 Å². The molecule has 2 heterocycles. The molecule has 2 aromatic carbocycles. The normalized spacial score (nSPS) is 15.9. The van der Waals surface area contributed by atoms with Gasteiger partial charge in [-0.15, -0.1) is 0 Å². The molecule has 0 aromatic heterocycles. The summed E-state index contributed by atoms with van der Waals surface area (Å²) in [6.07, 6.45) is 3.34. The third-order valence-electron chi connectivity index (χ3n) is 4.86. The predicted octanol–water partition coefficient (Wildman–Crippen LogP) is 3.23. The second-order valence-electron chi connectivity index (χ2n) is 6.61. The van der Waals surface area contributed by atoms with Crippen molar-refractivity contribution in [1.29, 1.82) is 0 Å². The van der Waals surface area contributed by atoms with E-state index in [2.05, 4.69) is 0 Å². The van der Waals surface area contributed by atoms with Crippen LogP contribution in [-0.4, -0.2) is 47.8 Å². The van der Waals surface area contributed by atoms with E-state index in [0.29, 0.717) is 43.4 Å². The van der Waals surface area contributed by atoms with E-state index in [0.717, 1.165) is 16.9 Å². The van der Waals surface area contributed by atoms with Crippen molar-refractivity contribution < 1.29 is 14.3 Å². The summed E-state index contributed by atoms with van der Waals surface area (Å²) in [7, 11) is 0. The number of carbonyl (C=O) groups excluding carboxylic acids is 2. The van der Waals surface area contributed by atoms with E-state index in [1.807, 2.05) is 24.3 Å². The first kappa shape index (κ1) is 17.6. The molecule has 1 fully saturated rings. The summed E-state index contributed by atoms with van der Waals surface area (Å²) in [5.41, 5.74) is 2.67. The van der Waals surface area contributed by atoms with Gasteiger partial charge < -0.3 is 14.5 Å². The molecule has 6 heteroatoms. The highest BCUT2D eigenvalue weighted by molar-refractivity contribution is 6.30. The smallest absolute Gasteiger partial charge is 0.253 e. The van der Waals surface area contributed by atoms with E-state index in [4.69, 9.17) is 16.3 Å². The Kier molecular flexibility index (Phi) is 4.86. The fraction of sp³-hybridized carbons (Fsp3) is 0.238. The van der Waals surface area contributed by atoms with Gasteiger partial charge in [-0.05, 0) is 42.0 Å². The van der Waals surface area contributed by atoms with Crippen molar-refractivity contribution in [3.05, 3.63) is 70.3 Å². The number of ether oxygens (including phenoxy) is 1. The lowest BCUT2D eigenvalue weighted by Gasteiger charge is -2.34. The molecule has 0 N–H and O–H groups in total. The Balaban J connectivity index is 1.32. The van der Waals surface area contributed by atoms with Crippen molar-refractivity contribution in [2.24, 2.45) is 0 Å². The molecular weight excluding hydrogens is 364 g/mol. The van der Waals surface area contributed by atoms with Crippen LogP contribution in [0.25, 0.3) is 6.08 Å². The second kappa shape index (κ2) is 7.45. The third-order valence-corrected chi connectivity index (χ3v) is 5.11. The molecule has 5 nitrogen and oxygen atoms in total. The lowest BCUT2D eigenvalue weighted by molar-refractivity contribution is -0.127. The number of hydrogen-bond acceptors (Lipinski definition) is 3. The summed E-state index contributed by atoms with van der Waals surface area (Å²) in [5, 5.41) is 0.666. The summed E-state index contributed by atoms with van der Waals surface area (Å²) in [4.78, 5) is 28.6. The van der Waals surface area contributed by atoms with Crippen molar-refractivity contribution in [3.63, 3.8) is 0 Å². The maximum absolute atomic E-state index is 12.7. The van der Waals surface area contributed by atoms with Crippen LogP contribution in [-0.2, 0) is 11.4 Å². The summed E-state index contributed by atoms with van der Waals surface area (Å²) in [5.74, 6) is 0.818. The van der Waals surface area contributed by atoms with E-state index in [1.54, 1.807) is 40.2 Å². The molecule has 2 aliphatic rings. The molecule has 0 spiro atoms. The molecule has 2 aliphatic heterocycles. The van der Waals surface area contributed by atoms with Crippen LogP contribution in [0.3, 0.4) is 0 Å². The molecule has 0 saturated carbocycles. The topological polar surface area (TPSA) is 49.9 Å². The monoisotopic (exact) mass is 382 g/mol. The molecule has 2 aromatic rings. The zero-order chi connectivity index (χ0) is 18.8. The van der Waals surface area contributed by atoms with Crippen LogP contribution in [0.15, 0.2) is 48.5 Å². The van der Waals surface area contributed by atoms with Crippen molar-refractivity contribution in [2.45, 2.75) is 6.61 Å². The van der Waals surface area contributed by atoms with Crippen LogP contribution in [0.2, 0.25) is 5.02 Å². The first-order valence-corrected chi connectivity index (χ1v) is 9.25. The predicted molar refractivity (Wildman–Crippen MR) is 104 cm³/mol. The standard InChI is InChI=1S/C21H19ClN2O3/c22-18-5-1-15(2-6-18)3-8-20(25)23-9-11-24(12-10-23)21(26)16-4-7-19-17(13-16)14-27-19/h1-8,13H,9-12,14H2/b8-3+. The van der Waals surface area contributed by atoms with Gasteiger partial charge in [-0.25, -0.2) is 0 Å². The van der Waals surface area contributed by atoms with Crippen LogP contribution in [0.4, 0.5) is 0 Å². The number of fused-ring (bicyclic) bond motifs is 1. The zero-order valence-electron chi connectivity index (χ0n) is 14.7. The molecule has 1 saturated heterocycles. The summed E-state index contributed by atoms with van der Waals surface area (Å²) >= 11 is 5.86. The quantitative estimate of drug-likeness (QED) is 0.766. The van der Waals surface area contributed by atoms with Crippen molar-refractivity contribution in [2.75, 3.05) is 26.2 Å². The SMILES string of the molecule is O=C(/C=C/c1ccc(Cl)cc1)N1CCN(C(=O)c2ccc3c(c2)CO3)CC1. The van der Waals surface area contributed by atoms with Gasteiger partial charge in [-0.3, -0.25) is 9.59 Å². The maximum Gasteiger partial charge on any atom is 0.253 e. The second-order valence-corrected chi connectivity index (χ2v) is 7.05. The number of nitrogens with zero attached hydrogens (tertiary/aromatic N) is 2. The average Bonchev–Trinajstić information content (AvgIpc) is 2.68. The number of benzene rings is 2. The van der Waals surface area contributed by atoms with Gasteiger partial charge in [0, 0.05) is 48.4 Å². The molecular formula is C21H19ClN2O3. The van der Waals surface area contributed by atoms with Gasteiger partial charge in [-0.2, -0.15) is 0 Å². The molecule has 0 bridgehead atoms. The first-order chi connectivity index (χ1) is 13.1. The Hall–Kier alpha value is -2.79. The van der Waals surface area contributed by atoms with Crippen LogP contribution in [0.5, 0.6) is 5.75 Å². The number of hydrogen-bond donors (Lipinski definition) is 0. The fourth-order valence-electron chi connectivity index (χ4n) is 3.20. The molecule has 0 atom stereocenters. The highest BCUT2D eigenvalue weighted by atomic mass is 35.5. The molecule has 2 amide bonds. The van der Waals surface area contributed by atoms with Gasteiger partial charge in [0.15, 0.2) is 0 Å². The number of piperazine rings is 1. The molecule has 0 radical (unpaired) electrons. The van der Waals surface area contributed by atoms with Gasteiger partial charge >= 0.3 is 0 Å². The number of carbonyl (C=O) groups is 2. The third kappa shape index (κ3) is 3.83. The molecule has 138 valence electrons. The fourth-order valence-corrected chi connectivity index (χ4v) is 3.33. The Morgan fingerprint density at radius 3 is 2.30 bits per heavy atom. The number of amides is 2. The van der Waals surface area contributed by atoms with Gasteiger partial charge in [0.2, 0.25) is 5.91 Å². The minimum atomic E-state index is -0.0461. The van der Waals surface area contributed by atoms with Crippen LogP contribution in [0, 0.1) is 0 Å². The van der Waals surface area contributed by atoms with E-state index < -0.39 is 0 Å². The van der Waals surface area contributed by atoms with Crippen LogP contribution >= 0.6 is 11.6 Å². The lowest BCUT2D eigenvalue weighted by Crippen LogP contribution is -2.50. The largest absolute Gasteiger partial charge is 0.488 e. The Morgan fingerprint density at radius 2 is 1.67 bits per heavy atom. The minimum Gasteiger partial charge on any atom is -0.488 e. The van der Waals surface area contributed by atoms with Gasteiger partial charge in [0.1, 0.15) is 12.4 Å². The average molecular weight is 383 g/mol. The minimum absolute atomic E-state index is 0.00788.